The van der Waals surface area contributed by atoms with E-state index in [9.17, 15) is 9.59 Å². The first-order valence-electron chi connectivity index (χ1n) is 9.51. The Morgan fingerprint density at radius 3 is 2.66 bits per heavy atom. The first-order valence-corrected chi connectivity index (χ1v) is 10.3. The summed E-state index contributed by atoms with van der Waals surface area (Å²) in [5.74, 6) is 1.53. The van der Waals surface area contributed by atoms with E-state index in [4.69, 9.17) is 14.2 Å². The van der Waals surface area contributed by atoms with E-state index in [1.54, 1.807) is 18.2 Å². The Kier molecular flexibility index (Phi) is 5.76. The molecule has 2 aromatic carbocycles. The van der Waals surface area contributed by atoms with Crippen LogP contribution in [-0.2, 0) is 11.2 Å². The minimum absolute atomic E-state index is 0.155. The first kappa shape index (κ1) is 19.4. The molecule has 1 fully saturated rings. The SMILES string of the molecule is CCOc1cc2c(cc1/C=C1/SC(=O)N(CCCc3ccccc3)C1=O)OCO2. The van der Waals surface area contributed by atoms with Crippen molar-refractivity contribution in [2.75, 3.05) is 19.9 Å². The molecule has 2 heterocycles. The van der Waals surface area contributed by atoms with Crippen LogP contribution in [0.5, 0.6) is 17.2 Å². The van der Waals surface area contributed by atoms with Gasteiger partial charge in [0.15, 0.2) is 11.5 Å². The van der Waals surface area contributed by atoms with Crippen LogP contribution in [-0.4, -0.2) is 36.0 Å². The second-order valence-electron chi connectivity index (χ2n) is 6.60. The third-order valence-corrected chi connectivity index (χ3v) is 5.56. The van der Waals surface area contributed by atoms with E-state index in [0.29, 0.717) is 40.9 Å². The number of ether oxygens (including phenoxy) is 3. The zero-order chi connectivity index (χ0) is 20.2. The Bertz CT molecular complexity index is 957. The van der Waals surface area contributed by atoms with Crippen LogP contribution in [0.2, 0.25) is 0 Å². The normalized spacial score (nSPS) is 16.7. The number of amides is 2. The van der Waals surface area contributed by atoms with Gasteiger partial charge >= 0.3 is 0 Å². The van der Waals surface area contributed by atoms with Crippen molar-refractivity contribution in [3.63, 3.8) is 0 Å². The van der Waals surface area contributed by atoms with Crippen LogP contribution < -0.4 is 14.2 Å². The molecular formula is C22H21NO5S. The van der Waals surface area contributed by atoms with E-state index in [0.717, 1.165) is 24.6 Å². The summed E-state index contributed by atoms with van der Waals surface area (Å²) in [4.78, 5) is 26.9. The van der Waals surface area contributed by atoms with E-state index in [2.05, 4.69) is 0 Å². The smallest absolute Gasteiger partial charge is 0.293 e. The summed E-state index contributed by atoms with van der Waals surface area (Å²) in [7, 11) is 0. The number of hydrogen-bond acceptors (Lipinski definition) is 6. The molecule has 2 aliphatic heterocycles. The van der Waals surface area contributed by atoms with Gasteiger partial charge in [-0.15, -0.1) is 0 Å². The second-order valence-corrected chi connectivity index (χ2v) is 7.59. The third kappa shape index (κ3) is 4.24. The van der Waals surface area contributed by atoms with Crippen LogP contribution in [0.15, 0.2) is 47.4 Å². The summed E-state index contributed by atoms with van der Waals surface area (Å²) >= 11 is 0.954. The van der Waals surface area contributed by atoms with Crippen LogP contribution in [0.4, 0.5) is 4.79 Å². The van der Waals surface area contributed by atoms with Gasteiger partial charge in [-0.1, -0.05) is 30.3 Å². The predicted molar refractivity (Wildman–Crippen MR) is 111 cm³/mol. The van der Waals surface area contributed by atoms with Gasteiger partial charge in [-0.05, 0) is 49.2 Å². The average molecular weight is 411 g/mol. The number of thioether (sulfide) groups is 1. The Labute approximate surface area is 173 Å². The highest BCUT2D eigenvalue weighted by Crippen LogP contribution is 2.41. The lowest BCUT2D eigenvalue weighted by Gasteiger charge is -2.12. The zero-order valence-corrected chi connectivity index (χ0v) is 16.9. The Balaban J connectivity index is 1.49. The molecule has 0 aliphatic carbocycles. The van der Waals surface area contributed by atoms with Gasteiger partial charge in [-0.2, -0.15) is 0 Å². The Morgan fingerprint density at radius 2 is 1.90 bits per heavy atom. The molecular weight excluding hydrogens is 390 g/mol. The van der Waals surface area contributed by atoms with Crippen molar-refractivity contribution >= 4 is 29.0 Å². The summed E-state index contributed by atoms with van der Waals surface area (Å²) in [6.07, 6.45) is 3.23. The Hall–Kier alpha value is -2.93. The fraction of sp³-hybridized carbons (Fsp3) is 0.273. The molecule has 0 saturated carbocycles. The second kappa shape index (κ2) is 8.61. The van der Waals surface area contributed by atoms with Gasteiger partial charge in [0.25, 0.3) is 11.1 Å². The molecule has 4 rings (SSSR count). The molecule has 29 heavy (non-hydrogen) atoms. The highest BCUT2D eigenvalue weighted by molar-refractivity contribution is 8.18. The lowest BCUT2D eigenvalue weighted by atomic mass is 10.1. The number of aryl methyl sites for hydroxylation is 1. The van der Waals surface area contributed by atoms with Gasteiger partial charge in [0.05, 0.1) is 11.5 Å². The van der Waals surface area contributed by atoms with Crippen LogP contribution >= 0.6 is 11.8 Å². The van der Waals surface area contributed by atoms with Crippen molar-refractivity contribution in [2.45, 2.75) is 19.8 Å². The molecule has 0 spiro atoms. The Morgan fingerprint density at radius 1 is 1.14 bits per heavy atom. The summed E-state index contributed by atoms with van der Waals surface area (Å²) in [5.41, 5.74) is 1.88. The van der Waals surface area contributed by atoms with E-state index in [-0.39, 0.29) is 17.9 Å². The minimum atomic E-state index is -0.270. The fourth-order valence-electron chi connectivity index (χ4n) is 3.25. The van der Waals surface area contributed by atoms with Gasteiger partial charge in [0, 0.05) is 18.2 Å². The maximum atomic E-state index is 12.8. The number of fused-ring (bicyclic) bond motifs is 1. The number of rotatable bonds is 7. The zero-order valence-electron chi connectivity index (χ0n) is 16.1. The molecule has 7 heteroatoms. The molecule has 2 amide bonds. The number of benzene rings is 2. The van der Waals surface area contributed by atoms with Crippen LogP contribution in [0.1, 0.15) is 24.5 Å². The first-order chi connectivity index (χ1) is 14.2. The number of carbonyl (C=O) groups is 2. The molecule has 0 atom stereocenters. The number of imide groups is 1. The lowest BCUT2D eigenvalue weighted by Crippen LogP contribution is -2.29. The average Bonchev–Trinajstić information content (AvgIpc) is 3.28. The lowest BCUT2D eigenvalue weighted by molar-refractivity contribution is -0.122. The van der Waals surface area contributed by atoms with Crippen molar-refractivity contribution in [2.24, 2.45) is 0 Å². The van der Waals surface area contributed by atoms with Gasteiger partial charge in [-0.25, -0.2) is 0 Å². The van der Waals surface area contributed by atoms with Crippen molar-refractivity contribution in [1.29, 1.82) is 0 Å². The maximum Gasteiger partial charge on any atom is 0.293 e. The van der Waals surface area contributed by atoms with Gasteiger partial charge < -0.3 is 14.2 Å². The van der Waals surface area contributed by atoms with E-state index in [1.807, 2.05) is 37.3 Å². The maximum absolute atomic E-state index is 12.8. The monoisotopic (exact) mass is 411 g/mol. The summed E-state index contributed by atoms with van der Waals surface area (Å²) in [6, 6.07) is 13.6. The van der Waals surface area contributed by atoms with Crippen LogP contribution in [0, 0.1) is 0 Å². The molecule has 0 bridgehead atoms. The highest BCUT2D eigenvalue weighted by atomic mass is 32.2. The van der Waals surface area contributed by atoms with Gasteiger partial charge in [0.2, 0.25) is 6.79 Å². The highest BCUT2D eigenvalue weighted by Gasteiger charge is 2.35. The molecule has 0 radical (unpaired) electrons. The summed E-state index contributed by atoms with van der Waals surface area (Å²) in [6.45, 7) is 2.91. The van der Waals surface area contributed by atoms with E-state index < -0.39 is 0 Å². The summed E-state index contributed by atoms with van der Waals surface area (Å²) < 4.78 is 16.5. The minimum Gasteiger partial charge on any atom is -0.493 e. The van der Waals surface area contributed by atoms with Crippen molar-refractivity contribution in [3.8, 4) is 17.2 Å². The largest absolute Gasteiger partial charge is 0.493 e. The number of nitrogens with zero attached hydrogens (tertiary/aromatic N) is 1. The van der Waals surface area contributed by atoms with Gasteiger partial charge in [0.1, 0.15) is 5.75 Å². The van der Waals surface area contributed by atoms with E-state index >= 15 is 0 Å². The van der Waals surface area contributed by atoms with Gasteiger partial charge in [-0.3, -0.25) is 14.5 Å². The van der Waals surface area contributed by atoms with Crippen molar-refractivity contribution in [1.82, 2.24) is 4.90 Å². The number of hydrogen-bond donors (Lipinski definition) is 0. The van der Waals surface area contributed by atoms with Crippen LogP contribution in [0.25, 0.3) is 6.08 Å². The fourth-order valence-corrected chi connectivity index (χ4v) is 4.11. The molecule has 150 valence electrons. The molecule has 0 unspecified atom stereocenters. The molecule has 6 nitrogen and oxygen atoms in total. The molecule has 1 saturated heterocycles. The predicted octanol–water partition coefficient (Wildman–Crippen LogP) is 4.48. The van der Waals surface area contributed by atoms with Crippen LogP contribution in [0.3, 0.4) is 0 Å². The van der Waals surface area contributed by atoms with E-state index in [1.165, 1.54) is 10.5 Å². The number of carbonyl (C=O) groups excluding carboxylic acids is 2. The van der Waals surface area contributed by atoms with Crippen molar-refractivity contribution < 1.29 is 23.8 Å². The van der Waals surface area contributed by atoms with Crippen molar-refractivity contribution in [3.05, 3.63) is 58.5 Å². The third-order valence-electron chi connectivity index (χ3n) is 4.66. The molecule has 2 aliphatic rings. The standard InChI is InChI=1S/C22H21NO5S/c1-2-26-17-13-19-18(27-14-28-19)11-16(17)12-20-21(24)23(22(25)29-20)10-6-9-15-7-4-3-5-8-15/h3-5,7-8,11-13H,2,6,9-10,14H2,1H3/b20-12+. The topological polar surface area (TPSA) is 65.1 Å². The molecule has 0 N–H and O–H groups in total. The molecule has 2 aromatic rings. The quantitative estimate of drug-likeness (QED) is 0.626. The summed E-state index contributed by atoms with van der Waals surface area (Å²) in [5, 5.41) is -0.243. The molecule has 0 aromatic heterocycles.